The van der Waals surface area contributed by atoms with Crippen molar-refractivity contribution in [3.8, 4) is 0 Å². The molecule has 1 heteroatoms. The average Bonchev–Trinajstić information content (AvgIpc) is 2.51. The lowest BCUT2D eigenvalue weighted by Crippen LogP contribution is -2.10. The molecule has 0 saturated heterocycles. The van der Waals surface area contributed by atoms with Crippen molar-refractivity contribution in [1.82, 2.24) is 0 Å². The first-order valence-corrected chi connectivity index (χ1v) is 4.18. The fraction of sp³-hybridized carbons (Fsp3) is 0.0833. The number of aliphatic hydroxyl groups excluding tert-OH is 1. The van der Waals surface area contributed by atoms with Crippen molar-refractivity contribution in [1.29, 1.82) is 0 Å². The van der Waals surface area contributed by atoms with Gasteiger partial charge in [0.15, 0.2) is 0 Å². The highest BCUT2D eigenvalue weighted by molar-refractivity contribution is 5.62. The van der Waals surface area contributed by atoms with Crippen molar-refractivity contribution in [3.05, 3.63) is 65.5 Å². The van der Waals surface area contributed by atoms with Gasteiger partial charge < -0.3 is 5.11 Å². The summed E-state index contributed by atoms with van der Waals surface area (Å²) in [7, 11) is 0. The third kappa shape index (κ3) is 1.25. The molecule has 2 aliphatic rings. The highest BCUT2D eigenvalue weighted by atomic mass is 16.3. The summed E-state index contributed by atoms with van der Waals surface area (Å²) in [6, 6.07) is 0. The van der Waals surface area contributed by atoms with Crippen LogP contribution in [0.5, 0.6) is 0 Å². The first-order chi connectivity index (χ1) is 6.33. The van der Waals surface area contributed by atoms with E-state index in [1.165, 1.54) is 0 Å². The summed E-state index contributed by atoms with van der Waals surface area (Å²) in [5, 5.41) is 9.68. The van der Waals surface area contributed by atoms with Crippen molar-refractivity contribution in [2.75, 3.05) is 0 Å². The Labute approximate surface area is 77.4 Å². The smallest absolute Gasteiger partial charge is 0.0986 e. The molecular formula is C12H10O. The highest BCUT2D eigenvalue weighted by Gasteiger charge is 2.20. The molecule has 1 unspecified atom stereocenters. The van der Waals surface area contributed by atoms with E-state index in [2.05, 4.69) is 12.3 Å². The van der Waals surface area contributed by atoms with Crippen molar-refractivity contribution in [2.24, 2.45) is 0 Å². The molecule has 0 fully saturated rings. The molecular weight excluding hydrogens is 160 g/mol. The maximum atomic E-state index is 9.68. The van der Waals surface area contributed by atoms with Crippen LogP contribution in [0.3, 0.4) is 0 Å². The molecule has 0 aliphatic heterocycles. The van der Waals surface area contributed by atoms with Gasteiger partial charge in [0.05, 0.1) is 6.10 Å². The van der Waals surface area contributed by atoms with E-state index < -0.39 is 6.10 Å². The van der Waals surface area contributed by atoms with Crippen molar-refractivity contribution in [3.63, 3.8) is 0 Å². The van der Waals surface area contributed by atoms with Gasteiger partial charge in [-0.2, -0.15) is 0 Å². The number of aliphatic hydroxyl groups is 1. The largest absolute Gasteiger partial charge is 0.384 e. The molecule has 2 aliphatic carbocycles. The average molecular weight is 170 g/mol. The second-order valence-electron chi connectivity index (χ2n) is 3.00. The number of hydrogen-bond acceptors (Lipinski definition) is 1. The second-order valence-corrected chi connectivity index (χ2v) is 3.00. The maximum Gasteiger partial charge on any atom is 0.0986 e. The Morgan fingerprint density at radius 2 is 2.31 bits per heavy atom. The third-order valence-corrected chi connectivity index (χ3v) is 2.19. The number of allylic oxidation sites excluding steroid dienone is 6. The molecule has 0 spiro atoms. The summed E-state index contributed by atoms with van der Waals surface area (Å²) in [4.78, 5) is 0. The lowest BCUT2D eigenvalue weighted by Gasteiger charge is -2.14. The highest BCUT2D eigenvalue weighted by Crippen LogP contribution is 2.31. The normalized spacial score (nSPS) is 24.1. The van der Waals surface area contributed by atoms with E-state index in [-0.39, 0.29) is 0 Å². The van der Waals surface area contributed by atoms with Gasteiger partial charge in [0, 0.05) is 0 Å². The van der Waals surface area contributed by atoms with Gasteiger partial charge in [-0.1, -0.05) is 37.0 Å². The molecule has 0 aromatic carbocycles. The van der Waals surface area contributed by atoms with Crippen LogP contribution in [0.25, 0.3) is 0 Å². The van der Waals surface area contributed by atoms with E-state index in [1.807, 2.05) is 24.3 Å². The van der Waals surface area contributed by atoms with Gasteiger partial charge in [0.1, 0.15) is 0 Å². The van der Waals surface area contributed by atoms with Crippen molar-refractivity contribution < 1.29 is 5.11 Å². The van der Waals surface area contributed by atoms with E-state index in [9.17, 15) is 5.11 Å². The van der Waals surface area contributed by atoms with E-state index in [1.54, 1.807) is 12.2 Å². The summed E-state index contributed by atoms with van der Waals surface area (Å²) in [5.41, 5.74) is 5.75. The molecule has 0 amide bonds. The predicted octanol–water partition coefficient (Wildman–Crippen LogP) is 2.05. The van der Waals surface area contributed by atoms with Gasteiger partial charge in [0.2, 0.25) is 0 Å². The van der Waals surface area contributed by atoms with Crippen LogP contribution in [0.1, 0.15) is 0 Å². The Morgan fingerprint density at radius 1 is 1.46 bits per heavy atom. The third-order valence-electron chi connectivity index (χ3n) is 2.19. The minimum Gasteiger partial charge on any atom is -0.384 e. The van der Waals surface area contributed by atoms with Gasteiger partial charge in [-0.05, 0) is 22.8 Å². The van der Waals surface area contributed by atoms with E-state index in [0.717, 1.165) is 16.7 Å². The van der Waals surface area contributed by atoms with E-state index >= 15 is 0 Å². The first-order valence-electron chi connectivity index (χ1n) is 4.18. The van der Waals surface area contributed by atoms with Crippen LogP contribution < -0.4 is 0 Å². The Hall–Kier alpha value is -1.56. The number of rotatable bonds is 1. The molecule has 0 heterocycles. The molecule has 13 heavy (non-hydrogen) atoms. The molecule has 2 rings (SSSR count). The van der Waals surface area contributed by atoms with Crippen LogP contribution in [-0.2, 0) is 0 Å². The topological polar surface area (TPSA) is 20.2 Å². The lowest BCUT2D eigenvalue weighted by atomic mass is 9.96. The monoisotopic (exact) mass is 170 g/mol. The molecule has 0 bridgehead atoms. The summed E-state index contributed by atoms with van der Waals surface area (Å²) in [6.45, 7) is 3.52. The minimum atomic E-state index is -0.491. The molecule has 0 radical (unpaired) electrons. The van der Waals surface area contributed by atoms with Crippen LogP contribution in [0.15, 0.2) is 65.5 Å². The van der Waals surface area contributed by atoms with Crippen molar-refractivity contribution in [2.45, 2.75) is 6.10 Å². The summed E-state index contributed by atoms with van der Waals surface area (Å²) >= 11 is 0. The maximum absolute atomic E-state index is 9.68. The zero-order chi connectivity index (χ0) is 9.26. The zero-order valence-corrected chi connectivity index (χ0v) is 7.20. The van der Waals surface area contributed by atoms with Gasteiger partial charge in [-0.3, -0.25) is 0 Å². The van der Waals surface area contributed by atoms with Crippen LogP contribution >= 0.6 is 0 Å². The van der Waals surface area contributed by atoms with Gasteiger partial charge in [-0.15, -0.1) is 5.73 Å². The predicted molar refractivity (Wildman–Crippen MR) is 53.1 cm³/mol. The Bertz CT molecular complexity index is 399. The molecule has 64 valence electrons. The van der Waals surface area contributed by atoms with Crippen LogP contribution in [0.4, 0.5) is 0 Å². The Morgan fingerprint density at radius 3 is 3.08 bits per heavy atom. The molecule has 1 N–H and O–H groups in total. The standard InChI is InChI=1S/C12H10O/c1-2-4-9-7-8-10-5-3-6-11(13)12(9)10/h3-8,11,13H,1H2. The lowest BCUT2D eigenvalue weighted by molar-refractivity contribution is 0.260. The molecule has 0 saturated carbocycles. The quantitative estimate of drug-likeness (QED) is 0.597. The second kappa shape index (κ2) is 3.06. The van der Waals surface area contributed by atoms with Gasteiger partial charge in [0.25, 0.3) is 0 Å². The van der Waals surface area contributed by atoms with E-state index in [0.29, 0.717) is 0 Å². The molecule has 1 nitrogen and oxygen atoms in total. The Balaban J connectivity index is 2.53. The number of fused-ring (bicyclic) bond motifs is 1. The Kier molecular flexibility index (Phi) is 1.90. The summed E-state index contributed by atoms with van der Waals surface area (Å²) in [5.74, 6) is 0. The molecule has 0 aromatic rings. The van der Waals surface area contributed by atoms with Gasteiger partial charge in [-0.25, -0.2) is 0 Å². The minimum absolute atomic E-state index is 0.491. The fourth-order valence-electron chi connectivity index (χ4n) is 1.61. The SMILES string of the molecule is C=C=CC1=C2C(=CC=CC2O)C=C1. The van der Waals surface area contributed by atoms with Crippen molar-refractivity contribution >= 4 is 0 Å². The first kappa shape index (κ1) is 8.06. The van der Waals surface area contributed by atoms with E-state index in [4.69, 9.17) is 0 Å². The van der Waals surface area contributed by atoms with Crippen LogP contribution in [0.2, 0.25) is 0 Å². The molecule has 1 atom stereocenters. The van der Waals surface area contributed by atoms with Gasteiger partial charge >= 0.3 is 0 Å². The zero-order valence-electron chi connectivity index (χ0n) is 7.20. The van der Waals surface area contributed by atoms with Crippen LogP contribution in [0, 0.1) is 0 Å². The molecule has 0 aromatic heterocycles. The summed E-state index contributed by atoms with van der Waals surface area (Å²) < 4.78 is 0. The number of hydrogen-bond donors (Lipinski definition) is 1. The fourth-order valence-corrected chi connectivity index (χ4v) is 1.61. The van der Waals surface area contributed by atoms with Crippen LogP contribution in [-0.4, -0.2) is 11.2 Å². The summed E-state index contributed by atoms with van der Waals surface area (Å²) in [6.07, 6.45) is 10.9.